The predicted octanol–water partition coefficient (Wildman–Crippen LogP) is 3.18. The molecule has 1 aliphatic rings. The standard InChI is InChI=1S/C15H22Br2N2O/c1-15(2,10-20)14(19-5-3-18-4-6-19)11-7-12(16)9-13(17)8-11/h7-9,14,18,20H,3-6,10H2,1-2H3/t14-/m1/s1. The monoisotopic (exact) mass is 404 g/mol. The number of hydrogen-bond acceptors (Lipinski definition) is 3. The highest BCUT2D eigenvalue weighted by molar-refractivity contribution is 9.11. The Labute approximate surface area is 138 Å². The second kappa shape index (κ2) is 6.88. The Balaban J connectivity index is 2.39. The number of halogens is 2. The van der Waals surface area contributed by atoms with E-state index in [4.69, 9.17) is 0 Å². The average molecular weight is 406 g/mol. The first-order valence-electron chi connectivity index (χ1n) is 6.95. The number of benzene rings is 1. The van der Waals surface area contributed by atoms with Gasteiger partial charge in [-0.3, -0.25) is 4.90 Å². The molecule has 0 saturated carbocycles. The van der Waals surface area contributed by atoms with Gasteiger partial charge < -0.3 is 10.4 Å². The third-order valence-corrected chi connectivity index (χ3v) is 4.78. The van der Waals surface area contributed by atoms with Gasteiger partial charge in [0.05, 0.1) is 0 Å². The van der Waals surface area contributed by atoms with Crippen LogP contribution in [-0.2, 0) is 0 Å². The molecule has 3 nitrogen and oxygen atoms in total. The first-order chi connectivity index (χ1) is 9.44. The van der Waals surface area contributed by atoms with Crippen molar-refractivity contribution < 1.29 is 5.11 Å². The molecular weight excluding hydrogens is 384 g/mol. The molecule has 1 atom stereocenters. The minimum atomic E-state index is -0.183. The Morgan fingerprint density at radius 3 is 2.25 bits per heavy atom. The van der Waals surface area contributed by atoms with E-state index in [1.807, 2.05) is 6.07 Å². The maximum Gasteiger partial charge on any atom is 0.0500 e. The fourth-order valence-electron chi connectivity index (χ4n) is 2.92. The molecule has 0 unspecified atom stereocenters. The van der Waals surface area contributed by atoms with Gasteiger partial charge in [0.25, 0.3) is 0 Å². The second-order valence-electron chi connectivity index (χ2n) is 6.04. The van der Waals surface area contributed by atoms with Crippen LogP contribution < -0.4 is 5.32 Å². The van der Waals surface area contributed by atoms with Gasteiger partial charge in [-0.1, -0.05) is 45.7 Å². The smallest absolute Gasteiger partial charge is 0.0500 e. The Kier molecular flexibility index (Phi) is 5.65. The number of aliphatic hydroxyl groups excluding tert-OH is 1. The Morgan fingerprint density at radius 1 is 1.20 bits per heavy atom. The number of piperazine rings is 1. The average Bonchev–Trinajstić information content (AvgIpc) is 2.39. The van der Waals surface area contributed by atoms with E-state index in [9.17, 15) is 5.11 Å². The van der Waals surface area contributed by atoms with E-state index in [1.165, 1.54) is 5.56 Å². The van der Waals surface area contributed by atoms with Crippen molar-refractivity contribution in [3.05, 3.63) is 32.7 Å². The number of nitrogens with zero attached hydrogens (tertiary/aromatic N) is 1. The first-order valence-corrected chi connectivity index (χ1v) is 8.54. The van der Waals surface area contributed by atoms with Crippen molar-refractivity contribution in [2.45, 2.75) is 19.9 Å². The quantitative estimate of drug-likeness (QED) is 0.807. The number of aliphatic hydroxyl groups is 1. The van der Waals surface area contributed by atoms with Crippen LogP contribution in [0.15, 0.2) is 27.1 Å². The van der Waals surface area contributed by atoms with Gasteiger partial charge in [-0.15, -0.1) is 0 Å². The molecule has 0 aromatic heterocycles. The summed E-state index contributed by atoms with van der Waals surface area (Å²) in [6.45, 7) is 8.48. The summed E-state index contributed by atoms with van der Waals surface area (Å²) in [5.41, 5.74) is 1.06. The molecule has 1 aliphatic heterocycles. The van der Waals surface area contributed by atoms with E-state index < -0.39 is 0 Å². The zero-order valence-corrected chi connectivity index (χ0v) is 15.2. The maximum absolute atomic E-state index is 9.83. The Bertz CT molecular complexity index is 439. The second-order valence-corrected chi connectivity index (χ2v) is 7.87. The molecule has 1 heterocycles. The Hall–Kier alpha value is 0.0600. The normalized spacial score (nSPS) is 19.1. The van der Waals surface area contributed by atoms with Gasteiger partial charge in [0.2, 0.25) is 0 Å². The number of hydrogen-bond donors (Lipinski definition) is 2. The van der Waals surface area contributed by atoms with Gasteiger partial charge in [0, 0.05) is 53.2 Å². The zero-order chi connectivity index (χ0) is 14.8. The summed E-state index contributed by atoms with van der Waals surface area (Å²) in [6, 6.07) is 6.58. The third-order valence-electron chi connectivity index (χ3n) is 3.87. The van der Waals surface area contributed by atoms with E-state index in [-0.39, 0.29) is 18.1 Å². The molecule has 1 aromatic carbocycles. The third kappa shape index (κ3) is 3.83. The van der Waals surface area contributed by atoms with Gasteiger partial charge in [0.15, 0.2) is 0 Å². The van der Waals surface area contributed by atoms with Crippen LogP contribution >= 0.6 is 31.9 Å². The molecule has 2 N–H and O–H groups in total. The van der Waals surface area contributed by atoms with Gasteiger partial charge in [-0.25, -0.2) is 0 Å². The summed E-state index contributed by atoms with van der Waals surface area (Å²) < 4.78 is 2.13. The molecule has 2 rings (SSSR count). The minimum absolute atomic E-state index is 0.172. The highest BCUT2D eigenvalue weighted by atomic mass is 79.9. The van der Waals surface area contributed by atoms with E-state index in [0.29, 0.717) is 0 Å². The highest BCUT2D eigenvalue weighted by Gasteiger charge is 2.35. The van der Waals surface area contributed by atoms with Gasteiger partial charge in [0.1, 0.15) is 0 Å². The fraction of sp³-hybridized carbons (Fsp3) is 0.600. The van der Waals surface area contributed by atoms with E-state index >= 15 is 0 Å². The molecule has 20 heavy (non-hydrogen) atoms. The molecule has 1 fully saturated rings. The van der Waals surface area contributed by atoms with Crippen molar-refractivity contribution in [2.24, 2.45) is 5.41 Å². The molecule has 0 spiro atoms. The van der Waals surface area contributed by atoms with Crippen molar-refractivity contribution in [1.29, 1.82) is 0 Å². The van der Waals surface area contributed by atoms with Crippen LogP contribution in [0.2, 0.25) is 0 Å². The lowest BCUT2D eigenvalue weighted by atomic mass is 9.80. The van der Waals surface area contributed by atoms with Crippen LogP contribution in [0.1, 0.15) is 25.5 Å². The van der Waals surface area contributed by atoms with Crippen LogP contribution in [0.5, 0.6) is 0 Å². The fourth-order valence-corrected chi connectivity index (χ4v) is 4.25. The molecule has 0 amide bonds. The summed E-state index contributed by atoms with van der Waals surface area (Å²) in [6.07, 6.45) is 0. The first kappa shape index (κ1) is 16.4. The van der Waals surface area contributed by atoms with Crippen LogP contribution in [0, 0.1) is 5.41 Å². The molecule has 1 aromatic rings. The lowest BCUT2D eigenvalue weighted by Gasteiger charge is -2.43. The van der Waals surface area contributed by atoms with Gasteiger partial charge in [-0.2, -0.15) is 0 Å². The van der Waals surface area contributed by atoms with E-state index in [2.05, 4.69) is 68.1 Å². The molecule has 5 heteroatoms. The topological polar surface area (TPSA) is 35.5 Å². The van der Waals surface area contributed by atoms with Crippen LogP contribution in [0.3, 0.4) is 0 Å². The summed E-state index contributed by atoms with van der Waals surface area (Å²) in [5, 5.41) is 13.2. The van der Waals surface area contributed by atoms with Crippen molar-refractivity contribution in [3.63, 3.8) is 0 Å². The molecule has 0 aliphatic carbocycles. The largest absolute Gasteiger partial charge is 0.396 e. The predicted molar refractivity (Wildman–Crippen MR) is 89.9 cm³/mol. The lowest BCUT2D eigenvalue weighted by molar-refractivity contribution is 0.0305. The number of rotatable bonds is 4. The summed E-state index contributed by atoms with van der Waals surface area (Å²) in [7, 11) is 0. The van der Waals surface area contributed by atoms with E-state index in [1.54, 1.807) is 0 Å². The summed E-state index contributed by atoms with van der Waals surface area (Å²) in [5.74, 6) is 0. The number of nitrogens with one attached hydrogen (secondary N) is 1. The van der Waals surface area contributed by atoms with Gasteiger partial charge >= 0.3 is 0 Å². The highest BCUT2D eigenvalue weighted by Crippen LogP contribution is 2.40. The summed E-state index contributed by atoms with van der Waals surface area (Å²) >= 11 is 7.14. The SMILES string of the molecule is CC(C)(CO)[C@@H](c1cc(Br)cc(Br)c1)N1CCNCC1. The van der Waals surface area contributed by atoms with Crippen LogP contribution in [-0.4, -0.2) is 42.8 Å². The van der Waals surface area contributed by atoms with E-state index in [0.717, 1.165) is 35.1 Å². The van der Waals surface area contributed by atoms with Crippen molar-refractivity contribution in [3.8, 4) is 0 Å². The minimum Gasteiger partial charge on any atom is -0.396 e. The molecule has 0 radical (unpaired) electrons. The molecule has 1 saturated heterocycles. The van der Waals surface area contributed by atoms with Gasteiger partial charge in [-0.05, 0) is 23.8 Å². The molecule has 0 bridgehead atoms. The summed E-state index contributed by atoms with van der Waals surface area (Å²) in [4.78, 5) is 2.47. The molecule has 112 valence electrons. The van der Waals surface area contributed by atoms with Crippen molar-refractivity contribution in [2.75, 3.05) is 32.8 Å². The molecular formula is C15H22Br2N2O. The van der Waals surface area contributed by atoms with Crippen molar-refractivity contribution >= 4 is 31.9 Å². The van der Waals surface area contributed by atoms with Crippen LogP contribution in [0.25, 0.3) is 0 Å². The zero-order valence-electron chi connectivity index (χ0n) is 12.0. The Morgan fingerprint density at radius 2 is 1.75 bits per heavy atom. The lowest BCUT2D eigenvalue weighted by Crippen LogP contribution is -2.49. The van der Waals surface area contributed by atoms with Crippen LogP contribution in [0.4, 0.5) is 0 Å². The maximum atomic E-state index is 9.83. The van der Waals surface area contributed by atoms with Crippen molar-refractivity contribution in [1.82, 2.24) is 10.2 Å².